The smallest absolute Gasteiger partial charge is 0.167 e. The molecule has 0 atom stereocenters. The molecule has 3 heterocycles. The van der Waals surface area contributed by atoms with Gasteiger partial charge >= 0.3 is 0 Å². The lowest BCUT2D eigenvalue weighted by atomic mass is 10.0. The minimum atomic E-state index is 0.540. The lowest BCUT2D eigenvalue weighted by molar-refractivity contribution is 0.673. The molecule has 0 saturated heterocycles. The van der Waals surface area contributed by atoms with Crippen molar-refractivity contribution in [1.82, 2.24) is 19.5 Å². The van der Waals surface area contributed by atoms with Crippen LogP contribution in [0.4, 0.5) is 0 Å². The molecule has 0 aliphatic rings. The molecule has 5 nitrogen and oxygen atoms in total. The molecule has 3 aromatic heterocycles. The van der Waals surface area contributed by atoms with Gasteiger partial charge in [-0.25, -0.2) is 15.0 Å². The standard InChI is InChI=1S/C55H32N4O/c1-3-14-36-27-40(23-21-33(36)11-1)53-56-54(41-24-22-34-12-2-4-15-37(34)28-41)58-55(57-53)48-32-42(31-47-45-26-25-35-13-7-8-18-43(35)51(45)60-52(47)48)59-49-20-10-9-19-44(49)46-29-38-16-5-6-17-39(38)30-50(46)59/h1-32H. The van der Waals surface area contributed by atoms with Crippen LogP contribution in [0.2, 0.25) is 0 Å². The van der Waals surface area contributed by atoms with Crippen molar-refractivity contribution in [2.45, 2.75) is 0 Å². The van der Waals surface area contributed by atoms with Gasteiger partial charge in [-0.15, -0.1) is 0 Å². The Morgan fingerprint density at radius 1 is 0.317 bits per heavy atom. The molecule has 13 aromatic rings. The van der Waals surface area contributed by atoms with E-state index in [-0.39, 0.29) is 0 Å². The number of furan rings is 1. The van der Waals surface area contributed by atoms with Crippen molar-refractivity contribution in [2.75, 3.05) is 0 Å². The summed E-state index contributed by atoms with van der Waals surface area (Å²) >= 11 is 0. The highest BCUT2D eigenvalue weighted by Crippen LogP contribution is 2.43. The second kappa shape index (κ2) is 12.7. The largest absolute Gasteiger partial charge is 0.455 e. The lowest BCUT2D eigenvalue weighted by Crippen LogP contribution is -2.02. The van der Waals surface area contributed by atoms with E-state index >= 15 is 0 Å². The Hall–Kier alpha value is -8.15. The Kier molecular flexibility index (Phi) is 6.95. The molecule has 0 amide bonds. The highest BCUT2D eigenvalue weighted by molar-refractivity contribution is 6.19. The van der Waals surface area contributed by atoms with Gasteiger partial charge in [0.25, 0.3) is 0 Å². The molecule has 0 N–H and O–H groups in total. The zero-order chi connectivity index (χ0) is 39.3. The molecule has 0 fully saturated rings. The van der Waals surface area contributed by atoms with Crippen molar-refractivity contribution in [2.24, 2.45) is 0 Å². The number of para-hydroxylation sites is 1. The van der Waals surface area contributed by atoms with Gasteiger partial charge in [-0.2, -0.15) is 0 Å². The van der Waals surface area contributed by atoms with E-state index in [0.717, 1.165) is 87.7 Å². The third-order valence-corrected chi connectivity index (χ3v) is 12.1. The normalized spacial score (nSPS) is 12.0. The van der Waals surface area contributed by atoms with Crippen molar-refractivity contribution in [3.8, 4) is 39.9 Å². The average Bonchev–Trinajstić information content (AvgIpc) is 3.85. The molecule has 60 heavy (non-hydrogen) atoms. The summed E-state index contributed by atoms with van der Waals surface area (Å²) in [5.41, 5.74) is 7.44. The molecule has 0 saturated carbocycles. The van der Waals surface area contributed by atoms with Gasteiger partial charge in [-0.3, -0.25) is 0 Å². The maximum Gasteiger partial charge on any atom is 0.167 e. The van der Waals surface area contributed by atoms with Gasteiger partial charge in [0.2, 0.25) is 0 Å². The SMILES string of the molecule is c1ccc2cc(-c3nc(-c4ccc5ccccc5c4)nc(-c4cc(-n5c6ccccc6c6cc7ccccc7cc65)cc5c4oc4c6ccccc6ccc54)n3)ccc2c1. The van der Waals surface area contributed by atoms with Crippen molar-refractivity contribution >= 4 is 86.8 Å². The van der Waals surface area contributed by atoms with Crippen LogP contribution >= 0.6 is 0 Å². The van der Waals surface area contributed by atoms with E-state index in [1.807, 2.05) is 0 Å². The van der Waals surface area contributed by atoms with E-state index in [1.54, 1.807) is 0 Å². The topological polar surface area (TPSA) is 56.7 Å². The van der Waals surface area contributed by atoms with Crippen LogP contribution < -0.4 is 0 Å². The Morgan fingerprint density at radius 2 is 0.850 bits per heavy atom. The summed E-state index contributed by atoms with van der Waals surface area (Å²) in [6.45, 7) is 0. The minimum absolute atomic E-state index is 0.540. The Bertz CT molecular complexity index is 3820. The van der Waals surface area contributed by atoms with E-state index in [0.29, 0.717) is 17.5 Å². The first-order chi connectivity index (χ1) is 29.7. The second-order valence-electron chi connectivity index (χ2n) is 15.6. The third-order valence-electron chi connectivity index (χ3n) is 12.1. The molecule has 10 aromatic carbocycles. The second-order valence-corrected chi connectivity index (χ2v) is 15.6. The lowest BCUT2D eigenvalue weighted by Gasteiger charge is -2.13. The fourth-order valence-electron chi connectivity index (χ4n) is 9.23. The van der Waals surface area contributed by atoms with E-state index < -0.39 is 0 Å². The first-order valence-electron chi connectivity index (χ1n) is 20.3. The van der Waals surface area contributed by atoms with Gasteiger partial charge in [0, 0.05) is 43.7 Å². The third kappa shape index (κ3) is 5.03. The maximum atomic E-state index is 7.05. The molecular weight excluding hydrogens is 733 g/mol. The van der Waals surface area contributed by atoms with Gasteiger partial charge < -0.3 is 8.98 Å². The Balaban J connectivity index is 1.15. The summed E-state index contributed by atoms with van der Waals surface area (Å²) in [6, 6.07) is 68.8. The van der Waals surface area contributed by atoms with Gasteiger partial charge in [0.1, 0.15) is 11.2 Å². The number of rotatable bonds is 4. The first-order valence-corrected chi connectivity index (χ1v) is 20.3. The van der Waals surface area contributed by atoms with Crippen molar-refractivity contribution in [3.05, 3.63) is 194 Å². The van der Waals surface area contributed by atoms with Crippen molar-refractivity contribution in [1.29, 1.82) is 0 Å². The molecule has 278 valence electrons. The summed E-state index contributed by atoms with van der Waals surface area (Å²) in [5.74, 6) is 1.73. The van der Waals surface area contributed by atoms with Crippen LogP contribution in [0.5, 0.6) is 0 Å². The summed E-state index contributed by atoms with van der Waals surface area (Å²) in [5, 5.41) is 13.6. The molecule has 5 heteroatoms. The van der Waals surface area contributed by atoms with Crippen LogP contribution in [-0.2, 0) is 0 Å². The highest BCUT2D eigenvalue weighted by atomic mass is 16.3. The highest BCUT2D eigenvalue weighted by Gasteiger charge is 2.23. The van der Waals surface area contributed by atoms with Gasteiger partial charge in [0.05, 0.1) is 16.6 Å². The summed E-state index contributed by atoms with van der Waals surface area (Å²) in [7, 11) is 0. The molecule has 0 aliphatic heterocycles. The first kappa shape index (κ1) is 32.9. The van der Waals surface area contributed by atoms with Crippen LogP contribution in [0.15, 0.2) is 199 Å². The van der Waals surface area contributed by atoms with Crippen molar-refractivity contribution < 1.29 is 4.42 Å². The summed E-state index contributed by atoms with van der Waals surface area (Å²) < 4.78 is 9.44. The van der Waals surface area contributed by atoms with Crippen LogP contribution in [0.1, 0.15) is 0 Å². The molecule has 0 radical (unpaired) electrons. The number of hydrogen-bond acceptors (Lipinski definition) is 4. The molecule has 0 unspecified atom stereocenters. The molecule has 0 spiro atoms. The zero-order valence-electron chi connectivity index (χ0n) is 32.2. The van der Waals surface area contributed by atoms with E-state index in [1.165, 1.54) is 21.5 Å². The van der Waals surface area contributed by atoms with Gasteiger partial charge in [-0.1, -0.05) is 146 Å². The fourth-order valence-corrected chi connectivity index (χ4v) is 9.23. The quantitative estimate of drug-likeness (QED) is 0.179. The average molecular weight is 765 g/mol. The van der Waals surface area contributed by atoms with Crippen LogP contribution in [0.25, 0.3) is 127 Å². The van der Waals surface area contributed by atoms with Crippen LogP contribution in [0.3, 0.4) is 0 Å². The number of hydrogen-bond donors (Lipinski definition) is 0. The molecular formula is C55H32N4O. The summed E-state index contributed by atoms with van der Waals surface area (Å²) in [6.07, 6.45) is 0. The summed E-state index contributed by atoms with van der Waals surface area (Å²) in [4.78, 5) is 15.9. The predicted octanol–water partition coefficient (Wildman–Crippen LogP) is 14.5. The molecule has 0 bridgehead atoms. The predicted molar refractivity (Wildman–Crippen MR) is 248 cm³/mol. The van der Waals surface area contributed by atoms with E-state index in [9.17, 15) is 0 Å². The zero-order valence-corrected chi connectivity index (χ0v) is 32.2. The maximum absolute atomic E-state index is 7.05. The van der Waals surface area contributed by atoms with Gasteiger partial charge in [0.15, 0.2) is 17.5 Å². The van der Waals surface area contributed by atoms with E-state index in [2.05, 4.69) is 199 Å². The number of aromatic nitrogens is 4. The van der Waals surface area contributed by atoms with Crippen molar-refractivity contribution in [3.63, 3.8) is 0 Å². The number of nitrogens with zero attached hydrogens (tertiary/aromatic N) is 4. The van der Waals surface area contributed by atoms with Crippen LogP contribution in [0, 0.1) is 0 Å². The van der Waals surface area contributed by atoms with Crippen LogP contribution in [-0.4, -0.2) is 19.5 Å². The van der Waals surface area contributed by atoms with Gasteiger partial charge in [-0.05, 0) is 86.2 Å². The number of benzene rings is 10. The monoisotopic (exact) mass is 764 g/mol. The molecule has 13 rings (SSSR count). The number of fused-ring (bicyclic) bond motifs is 11. The molecule has 0 aliphatic carbocycles. The fraction of sp³-hybridized carbons (Fsp3) is 0. The Morgan fingerprint density at radius 3 is 1.53 bits per heavy atom. The Labute approximate surface area is 343 Å². The minimum Gasteiger partial charge on any atom is -0.455 e. The van der Waals surface area contributed by atoms with E-state index in [4.69, 9.17) is 19.4 Å².